The molecule has 0 aromatic heterocycles. The van der Waals surface area contributed by atoms with Crippen molar-refractivity contribution in [2.24, 2.45) is 0 Å². The highest BCUT2D eigenvalue weighted by atomic mass is 14.4. The largest absolute Gasteiger partial charge is 0.0622 e. The van der Waals surface area contributed by atoms with E-state index in [1.165, 1.54) is 208 Å². The number of fused-ring (bicyclic) bond motifs is 13. The van der Waals surface area contributed by atoms with Crippen LogP contribution in [0, 0.1) is 13.8 Å². The highest BCUT2D eigenvalue weighted by Gasteiger charge is 2.34. The van der Waals surface area contributed by atoms with E-state index in [1.807, 2.05) is 0 Å². The lowest BCUT2D eigenvalue weighted by Gasteiger charge is -2.22. The molecular formula is C84H60. The van der Waals surface area contributed by atoms with Crippen LogP contribution in [0.15, 0.2) is 218 Å². The fourth-order valence-corrected chi connectivity index (χ4v) is 16.1. The first-order valence-electron chi connectivity index (χ1n) is 30.2. The summed E-state index contributed by atoms with van der Waals surface area (Å²) < 4.78 is 0. The van der Waals surface area contributed by atoms with Crippen LogP contribution in [0.25, 0.3) is 185 Å². The third kappa shape index (κ3) is 6.23. The lowest BCUT2D eigenvalue weighted by Crippen LogP contribution is -2.12. The SMILES string of the molecule is Cc1ccccc1-c1c2c(c(-c3ccccc3C)c3ccccc13)-c1ccc3c4ccc5c6c(-c7ccccc7)c7cc8c(cc7c(-c7ccccc7)c6c6ccc(c7ccc-2c1c73)c4c65)c1cc(C(C)(C)C)cc2cc(C(C)(C)C)cc8c21. The topological polar surface area (TPSA) is 0 Å². The van der Waals surface area contributed by atoms with Crippen molar-refractivity contribution in [2.45, 2.75) is 66.2 Å². The molecular weight excluding hydrogens is 1010 g/mol. The van der Waals surface area contributed by atoms with Crippen molar-refractivity contribution in [1.82, 2.24) is 0 Å². The summed E-state index contributed by atoms with van der Waals surface area (Å²) in [7, 11) is 0. The Morgan fingerprint density at radius 3 is 1.01 bits per heavy atom. The quantitative estimate of drug-likeness (QED) is 0.122. The zero-order valence-electron chi connectivity index (χ0n) is 48.8. The minimum absolute atomic E-state index is 0.0213. The normalized spacial score (nSPS) is 13.0. The molecule has 0 saturated carbocycles. The van der Waals surface area contributed by atoms with Gasteiger partial charge in [-0.1, -0.05) is 236 Å². The summed E-state index contributed by atoms with van der Waals surface area (Å²) in [6.45, 7) is 18.7. The molecule has 0 fully saturated rings. The summed E-state index contributed by atoms with van der Waals surface area (Å²) in [5, 5.41) is 29.3. The van der Waals surface area contributed by atoms with E-state index >= 15 is 0 Å². The summed E-state index contributed by atoms with van der Waals surface area (Å²) >= 11 is 0. The van der Waals surface area contributed by atoms with Gasteiger partial charge in [0.1, 0.15) is 0 Å². The predicted molar refractivity (Wildman–Crippen MR) is 366 cm³/mol. The van der Waals surface area contributed by atoms with E-state index in [-0.39, 0.29) is 10.8 Å². The minimum atomic E-state index is -0.0213. The Bertz CT molecular complexity index is 5380. The van der Waals surface area contributed by atoms with Gasteiger partial charge in [-0.2, -0.15) is 0 Å². The molecule has 0 amide bonds. The molecule has 0 heterocycles. The molecule has 0 bridgehead atoms. The molecule has 0 aliphatic heterocycles. The van der Waals surface area contributed by atoms with Crippen molar-refractivity contribution < 1.29 is 0 Å². The molecule has 0 atom stereocenters. The van der Waals surface area contributed by atoms with Crippen LogP contribution in [-0.4, -0.2) is 0 Å². The first-order chi connectivity index (χ1) is 40.8. The van der Waals surface area contributed by atoms with Crippen LogP contribution in [0.5, 0.6) is 0 Å². The maximum absolute atomic E-state index is 2.60. The molecule has 84 heavy (non-hydrogen) atoms. The van der Waals surface area contributed by atoms with Gasteiger partial charge in [0, 0.05) is 0 Å². The summed E-state index contributed by atoms with van der Waals surface area (Å²) in [5.74, 6) is 0. The number of hydrogen-bond acceptors (Lipinski definition) is 0. The van der Waals surface area contributed by atoms with E-state index in [1.54, 1.807) is 0 Å². The van der Waals surface area contributed by atoms with Crippen molar-refractivity contribution in [3.63, 3.8) is 0 Å². The molecule has 0 N–H and O–H groups in total. The van der Waals surface area contributed by atoms with Gasteiger partial charge in [0.2, 0.25) is 0 Å². The Balaban J connectivity index is 0.998. The molecule has 0 nitrogen and oxygen atoms in total. The summed E-state index contributed by atoms with van der Waals surface area (Å²) in [6.07, 6.45) is 0. The Labute approximate surface area is 489 Å². The summed E-state index contributed by atoms with van der Waals surface area (Å²) in [5.41, 5.74) is 20.9. The van der Waals surface area contributed by atoms with Crippen LogP contribution in [0.4, 0.5) is 0 Å². The Kier molecular flexibility index (Phi) is 9.45. The van der Waals surface area contributed by atoms with Crippen molar-refractivity contribution in [2.75, 3.05) is 0 Å². The fourth-order valence-electron chi connectivity index (χ4n) is 16.1. The average molecular weight is 1070 g/mol. The maximum atomic E-state index is 2.60. The Hall–Kier alpha value is -9.62. The van der Waals surface area contributed by atoms with Crippen molar-refractivity contribution >= 4 is 118 Å². The van der Waals surface area contributed by atoms with Crippen molar-refractivity contribution in [3.05, 3.63) is 241 Å². The molecule has 1 aliphatic carbocycles. The number of rotatable bonds is 4. The van der Waals surface area contributed by atoms with Crippen LogP contribution in [0.2, 0.25) is 0 Å². The van der Waals surface area contributed by atoms with Gasteiger partial charge in [0.15, 0.2) is 0 Å². The smallest absolute Gasteiger partial charge is 0.000730 e. The van der Waals surface area contributed by atoms with E-state index in [9.17, 15) is 0 Å². The van der Waals surface area contributed by atoms with Gasteiger partial charge >= 0.3 is 0 Å². The summed E-state index contributed by atoms with van der Waals surface area (Å²) in [4.78, 5) is 0. The fraction of sp³-hybridized carbons (Fsp3) is 0.119. The van der Waals surface area contributed by atoms with Crippen LogP contribution in [-0.2, 0) is 10.8 Å². The van der Waals surface area contributed by atoms with Gasteiger partial charge in [-0.3, -0.25) is 0 Å². The van der Waals surface area contributed by atoms with E-state index in [4.69, 9.17) is 0 Å². The van der Waals surface area contributed by atoms with Crippen LogP contribution in [0.1, 0.15) is 63.8 Å². The highest BCUT2D eigenvalue weighted by Crippen LogP contribution is 2.62. The molecule has 0 saturated heterocycles. The Morgan fingerprint density at radius 1 is 0.214 bits per heavy atom. The molecule has 0 radical (unpaired) electrons. The van der Waals surface area contributed by atoms with E-state index in [0.717, 1.165) is 0 Å². The summed E-state index contributed by atoms with van der Waals surface area (Å²) in [6, 6.07) is 84.9. The first kappa shape index (κ1) is 48.0. The molecule has 1 aliphatic rings. The van der Waals surface area contributed by atoms with E-state index < -0.39 is 0 Å². The maximum Gasteiger partial charge on any atom is -0.000730 e. The number of aryl methyl sites for hydroxylation is 2. The molecule has 0 spiro atoms. The van der Waals surface area contributed by atoms with E-state index in [0.29, 0.717) is 0 Å². The van der Waals surface area contributed by atoms with E-state index in [2.05, 4.69) is 274 Å². The third-order valence-corrected chi connectivity index (χ3v) is 20.0. The average Bonchev–Trinajstić information content (AvgIpc) is 1.64. The van der Waals surface area contributed by atoms with Crippen molar-refractivity contribution in [3.8, 4) is 66.8 Å². The highest BCUT2D eigenvalue weighted by molar-refractivity contribution is 6.48. The second-order valence-corrected chi connectivity index (χ2v) is 26.6. The molecule has 0 heteroatoms. The second-order valence-electron chi connectivity index (χ2n) is 26.6. The molecule has 18 rings (SSSR count). The molecule has 17 aromatic rings. The van der Waals surface area contributed by atoms with Gasteiger partial charge in [0.05, 0.1) is 0 Å². The minimum Gasteiger partial charge on any atom is -0.0622 e. The zero-order valence-corrected chi connectivity index (χ0v) is 48.8. The van der Waals surface area contributed by atoms with Gasteiger partial charge in [0.25, 0.3) is 0 Å². The first-order valence-corrected chi connectivity index (χ1v) is 30.2. The van der Waals surface area contributed by atoms with Gasteiger partial charge in [-0.05, 0) is 256 Å². The van der Waals surface area contributed by atoms with Gasteiger partial charge < -0.3 is 0 Å². The van der Waals surface area contributed by atoms with Crippen molar-refractivity contribution in [1.29, 1.82) is 0 Å². The second kappa shape index (κ2) is 16.6. The number of benzene rings is 15. The third-order valence-electron chi connectivity index (χ3n) is 20.0. The molecule has 0 unspecified atom stereocenters. The van der Waals surface area contributed by atoms with Gasteiger partial charge in [-0.15, -0.1) is 0 Å². The van der Waals surface area contributed by atoms with Crippen LogP contribution < -0.4 is 0 Å². The Morgan fingerprint density at radius 2 is 0.583 bits per heavy atom. The predicted octanol–water partition coefficient (Wildman–Crippen LogP) is 24.2. The molecule has 396 valence electrons. The van der Waals surface area contributed by atoms with Crippen LogP contribution >= 0.6 is 0 Å². The van der Waals surface area contributed by atoms with Crippen LogP contribution in [0.3, 0.4) is 0 Å². The standard InChI is InChI=1S/C84H60/c1-45-21-15-17-27-52(45)73-54-29-19-20-30-55(54)74(53-28-18-16-22-46(53)2)82-63-38-34-59-57-32-36-61-77-60(35-31-56(75(57)77)58-33-37-62(81(73)82)78(63)76(58)59)79-71(47-23-11-9-12-24-47)68-43-64-65(44-69(68)72(80(61)79)48-25-13-10-14-26-48)67-42-51(84(6,7)8)40-49-39-50(83(3,4)5)41-66(64)70(49)67/h9-44H,1-8H3. The number of hydrogen-bond donors (Lipinski definition) is 0. The molecule has 17 aromatic carbocycles. The lowest BCUT2D eigenvalue weighted by molar-refractivity contribution is 0.590. The monoisotopic (exact) mass is 1070 g/mol. The van der Waals surface area contributed by atoms with Gasteiger partial charge in [-0.25, -0.2) is 0 Å². The lowest BCUT2D eigenvalue weighted by atomic mass is 9.81. The zero-order chi connectivity index (χ0) is 56.4.